The van der Waals surface area contributed by atoms with Crippen LogP contribution in [-0.4, -0.2) is 58.6 Å². The van der Waals surface area contributed by atoms with Gasteiger partial charge in [-0.15, -0.1) is 5.10 Å². The van der Waals surface area contributed by atoms with Crippen molar-refractivity contribution in [2.45, 2.75) is 12.6 Å². The lowest BCUT2D eigenvalue weighted by Crippen LogP contribution is -2.42. The molecule has 1 fully saturated rings. The van der Waals surface area contributed by atoms with Gasteiger partial charge in [0.25, 0.3) is 0 Å². The van der Waals surface area contributed by atoms with Gasteiger partial charge in [0.05, 0.1) is 32.0 Å². The predicted molar refractivity (Wildman–Crippen MR) is 119 cm³/mol. The smallest absolute Gasteiger partial charge is 0.244 e. The van der Waals surface area contributed by atoms with E-state index in [0.29, 0.717) is 12.2 Å². The molecule has 7 heteroatoms. The van der Waals surface area contributed by atoms with E-state index < -0.39 is 0 Å². The molecular weight excluding hydrogens is 390 g/mol. The number of carbonyl (C=O) groups excluding carboxylic acids is 1. The zero-order chi connectivity index (χ0) is 21.3. The number of amides is 1. The Balaban J connectivity index is 1.37. The van der Waals surface area contributed by atoms with Crippen LogP contribution in [0.1, 0.15) is 22.9 Å². The summed E-state index contributed by atoms with van der Waals surface area (Å²) in [6, 6.07) is 20.0. The molecule has 0 bridgehead atoms. The molecule has 160 valence electrons. The van der Waals surface area contributed by atoms with Crippen LogP contribution in [0.4, 0.5) is 0 Å². The van der Waals surface area contributed by atoms with Crippen LogP contribution < -0.4 is 5.32 Å². The summed E-state index contributed by atoms with van der Waals surface area (Å²) in [6.07, 6.45) is 5.05. The Labute approximate surface area is 182 Å². The number of nitrogens with one attached hydrogen (secondary N) is 1. The van der Waals surface area contributed by atoms with Gasteiger partial charge in [-0.25, -0.2) is 4.68 Å². The average molecular weight is 418 g/mol. The molecule has 0 unspecified atom stereocenters. The van der Waals surface area contributed by atoms with E-state index in [2.05, 4.69) is 20.5 Å². The number of nitrogens with zero attached hydrogens (tertiary/aromatic N) is 4. The van der Waals surface area contributed by atoms with Crippen molar-refractivity contribution in [3.8, 4) is 0 Å². The largest absolute Gasteiger partial charge is 0.379 e. The number of rotatable bonds is 8. The van der Waals surface area contributed by atoms with Gasteiger partial charge in [-0.05, 0) is 17.2 Å². The topological polar surface area (TPSA) is 72.3 Å². The van der Waals surface area contributed by atoms with E-state index >= 15 is 0 Å². The third-order valence-corrected chi connectivity index (χ3v) is 5.21. The van der Waals surface area contributed by atoms with Gasteiger partial charge in [0.2, 0.25) is 5.91 Å². The van der Waals surface area contributed by atoms with Crippen molar-refractivity contribution in [1.29, 1.82) is 0 Å². The van der Waals surface area contributed by atoms with Crippen molar-refractivity contribution < 1.29 is 9.53 Å². The Morgan fingerprint density at radius 3 is 2.52 bits per heavy atom. The van der Waals surface area contributed by atoms with Crippen molar-refractivity contribution in [2.75, 3.05) is 32.8 Å². The van der Waals surface area contributed by atoms with E-state index in [1.807, 2.05) is 66.9 Å². The number of carbonyl (C=O) groups is 1. The minimum absolute atomic E-state index is 0.0924. The normalized spacial score (nSPS) is 15.7. The number of ether oxygens (including phenoxy) is 1. The van der Waals surface area contributed by atoms with Crippen LogP contribution in [0.25, 0.3) is 6.08 Å². The first-order valence-electron chi connectivity index (χ1n) is 10.5. The molecule has 1 saturated heterocycles. The van der Waals surface area contributed by atoms with Gasteiger partial charge >= 0.3 is 0 Å². The van der Waals surface area contributed by atoms with Crippen LogP contribution in [0.15, 0.2) is 72.9 Å². The van der Waals surface area contributed by atoms with E-state index in [4.69, 9.17) is 4.74 Å². The van der Waals surface area contributed by atoms with E-state index in [-0.39, 0.29) is 11.9 Å². The van der Waals surface area contributed by atoms with Gasteiger partial charge in [-0.2, -0.15) is 0 Å². The monoisotopic (exact) mass is 417 g/mol. The summed E-state index contributed by atoms with van der Waals surface area (Å²) in [5.41, 5.74) is 2.88. The molecule has 2 aromatic carbocycles. The Morgan fingerprint density at radius 2 is 1.77 bits per heavy atom. The summed E-state index contributed by atoms with van der Waals surface area (Å²) in [4.78, 5) is 15.0. The molecule has 1 N–H and O–H groups in total. The fourth-order valence-electron chi connectivity index (χ4n) is 3.58. The van der Waals surface area contributed by atoms with Gasteiger partial charge in [-0.3, -0.25) is 9.69 Å². The Kier molecular flexibility index (Phi) is 7.20. The maximum absolute atomic E-state index is 12.6. The second-order valence-corrected chi connectivity index (χ2v) is 7.54. The summed E-state index contributed by atoms with van der Waals surface area (Å²) in [6.45, 7) is 4.60. The lowest BCUT2D eigenvalue weighted by molar-refractivity contribution is -0.117. The molecule has 0 radical (unpaired) electrons. The van der Waals surface area contributed by atoms with Gasteiger partial charge in [0, 0.05) is 25.7 Å². The summed E-state index contributed by atoms with van der Waals surface area (Å²) >= 11 is 0. The molecular formula is C24H27N5O2. The second-order valence-electron chi connectivity index (χ2n) is 7.54. The average Bonchev–Trinajstić information content (AvgIpc) is 3.26. The van der Waals surface area contributed by atoms with Crippen LogP contribution >= 0.6 is 0 Å². The molecule has 3 aromatic rings. The van der Waals surface area contributed by atoms with Gasteiger partial charge < -0.3 is 10.1 Å². The number of aromatic nitrogens is 3. The number of hydrogen-bond acceptors (Lipinski definition) is 5. The molecule has 0 saturated carbocycles. The molecule has 31 heavy (non-hydrogen) atoms. The van der Waals surface area contributed by atoms with Gasteiger partial charge in [0.15, 0.2) is 0 Å². The van der Waals surface area contributed by atoms with E-state index in [9.17, 15) is 4.79 Å². The van der Waals surface area contributed by atoms with Crippen molar-refractivity contribution in [1.82, 2.24) is 25.2 Å². The quantitative estimate of drug-likeness (QED) is 0.571. The molecule has 0 spiro atoms. The van der Waals surface area contributed by atoms with E-state index in [0.717, 1.165) is 44.0 Å². The highest BCUT2D eigenvalue weighted by molar-refractivity contribution is 5.91. The Bertz CT molecular complexity index is 981. The summed E-state index contributed by atoms with van der Waals surface area (Å²) in [5.74, 6) is -0.153. The van der Waals surface area contributed by atoms with Crippen molar-refractivity contribution >= 4 is 12.0 Å². The molecule has 1 atom stereocenters. The maximum atomic E-state index is 12.6. The summed E-state index contributed by atoms with van der Waals surface area (Å²) in [5, 5.41) is 11.4. The van der Waals surface area contributed by atoms with Crippen LogP contribution in [-0.2, 0) is 16.1 Å². The van der Waals surface area contributed by atoms with Crippen molar-refractivity contribution in [3.63, 3.8) is 0 Å². The lowest BCUT2D eigenvalue weighted by Gasteiger charge is -2.30. The molecule has 1 amide bonds. The van der Waals surface area contributed by atoms with Crippen molar-refractivity contribution in [2.24, 2.45) is 0 Å². The van der Waals surface area contributed by atoms with Crippen LogP contribution in [0, 0.1) is 0 Å². The summed E-state index contributed by atoms with van der Waals surface area (Å²) in [7, 11) is 0. The Morgan fingerprint density at radius 1 is 1.06 bits per heavy atom. The molecule has 1 aliphatic heterocycles. The third-order valence-electron chi connectivity index (χ3n) is 5.21. The molecule has 1 aliphatic rings. The minimum Gasteiger partial charge on any atom is -0.379 e. The SMILES string of the molecule is O=C(/C=C/c1cn(Cc2ccccc2)nn1)N[C@H](CN1CCOCC1)c1ccccc1. The third kappa shape index (κ3) is 6.34. The predicted octanol–water partition coefficient (Wildman–Crippen LogP) is 2.53. The first-order valence-corrected chi connectivity index (χ1v) is 10.5. The highest BCUT2D eigenvalue weighted by atomic mass is 16.5. The fraction of sp³-hybridized carbons (Fsp3) is 0.292. The number of hydrogen-bond donors (Lipinski definition) is 1. The summed E-state index contributed by atoms with van der Waals surface area (Å²) < 4.78 is 7.20. The first-order chi connectivity index (χ1) is 15.3. The molecule has 0 aliphatic carbocycles. The van der Waals surface area contributed by atoms with Crippen LogP contribution in [0.5, 0.6) is 0 Å². The van der Waals surface area contributed by atoms with Gasteiger partial charge in [0.1, 0.15) is 5.69 Å². The highest BCUT2D eigenvalue weighted by Crippen LogP contribution is 2.15. The molecule has 7 nitrogen and oxygen atoms in total. The standard InChI is InChI=1S/C24H27N5O2/c30-24(12-11-22-18-29(27-26-22)17-20-7-3-1-4-8-20)25-23(21-9-5-2-6-10-21)19-28-13-15-31-16-14-28/h1-12,18,23H,13-17,19H2,(H,25,30)/b12-11+/t23-/m1/s1. The minimum atomic E-state index is -0.153. The van der Waals surface area contributed by atoms with E-state index in [1.54, 1.807) is 10.8 Å². The number of morpholine rings is 1. The second kappa shape index (κ2) is 10.7. The molecule has 1 aromatic heterocycles. The lowest BCUT2D eigenvalue weighted by atomic mass is 10.1. The maximum Gasteiger partial charge on any atom is 0.244 e. The molecule has 4 rings (SSSR count). The van der Waals surface area contributed by atoms with Crippen LogP contribution in [0.2, 0.25) is 0 Å². The zero-order valence-electron chi connectivity index (χ0n) is 17.4. The van der Waals surface area contributed by atoms with Crippen molar-refractivity contribution in [3.05, 3.63) is 89.8 Å². The first kappa shape index (κ1) is 21.0. The zero-order valence-corrected chi connectivity index (χ0v) is 17.4. The molecule has 2 heterocycles. The van der Waals surface area contributed by atoms with Gasteiger partial charge in [-0.1, -0.05) is 65.9 Å². The Hall–Kier alpha value is -3.29. The van der Waals surface area contributed by atoms with Crippen LogP contribution in [0.3, 0.4) is 0 Å². The number of benzene rings is 2. The fourth-order valence-corrected chi connectivity index (χ4v) is 3.58. The highest BCUT2D eigenvalue weighted by Gasteiger charge is 2.19. The van der Waals surface area contributed by atoms with E-state index in [1.165, 1.54) is 6.08 Å².